The fourth-order valence-corrected chi connectivity index (χ4v) is 0.699. The summed E-state index contributed by atoms with van der Waals surface area (Å²) in [6, 6.07) is 0. The molecule has 0 aliphatic rings. The molecule has 82 valence electrons. The first-order chi connectivity index (χ1) is 6.56. The first kappa shape index (κ1) is 12.9. The quantitative estimate of drug-likeness (QED) is 0.621. The van der Waals surface area contributed by atoms with Crippen molar-refractivity contribution in [3.63, 3.8) is 0 Å². The van der Waals surface area contributed by atoms with Gasteiger partial charge in [0.05, 0.1) is 19.6 Å². The fraction of sp³-hybridized carbons (Fsp3) is 0.778. The third-order valence-corrected chi connectivity index (χ3v) is 1.43. The third-order valence-electron chi connectivity index (χ3n) is 1.43. The summed E-state index contributed by atoms with van der Waals surface area (Å²) in [6.45, 7) is 4.01. The molecule has 0 unspecified atom stereocenters. The maximum Gasteiger partial charge on any atom is 0.307 e. The number of methoxy groups -OCH3 is 1. The summed E-state index contributed by atoms with van der Waals surface area (Å²) in [6.07, 6.45) is 0.213. The van der Waals surface area contributed by atoms with Gasteiger partial charge in [-0.1, -0.05) is 0 Å². The highest BCUT2D eigenvalue weighted by Gasteiger charge is 2.04. The van der Waals surface area contributed by atoms with Gasteiger partial charge in [-0.2, -0.15) is 0 Å². The molecular weight excluding hydrogens is 186 g/mol. The summed E-state index contributed by atoms with van der Waals surface area (Å²) in [4.78, 5) is 21.7. The zero-order valence-electron chi connectivity index (χ0n) is 8.83. The van der Waals surface area contributed by atoms with Crippen LogP contribution in [0.5, 0.6) is 0 Å². The number of hydrogen-bond donors (Lipinski definition) is 1. The number of carbonyl (C=O) groups excluding carboxylic acids is 2. The van der Waals surface area contributed by atoms with Crippen LogP contribution >= 0.6 is 0 Å². The van der Waals surface area contributed by atoms with E-state index in [1.165, 1.54) is 7.11 Å². The molecule has 0 atom stereocenters. The molecule has 0 aliphatic carbocycles. The predicted octanol–water partition coefficient (Wildman–Crippen LogP) is 0.0907. The van der Waals surface area contributed by atoms with Gasteiger partial charge in [0.1, 0.15) is 6.61 Å². The SMILES string of the molecule is COC(=O)CCNC(=O)COC(C)C. The number of esters is 1. The Labute approximate surface area is 83.8 Å². The minimum atomic E-state index is -0.338. The number of rotatable bonds is 6. The van der Waals surface area contributed by atoms with Crippen molar-refractivity contribution in [2.75, 3.05) is 20.3 Å². The molecule has 0 saturated carbocycles. The Morgan fingerprint density at radius 2 is 2.00 bits per heavy atom. The molecule has 5 heteroatoms. The predicted molar refractivity (Wildman–Crippen MR) is 50.7 cm³/mol. The molecule has 0 aromatic carbocycles. The van der Waals surface area contributed by atoms with E-state index in [1.807, 2.05) is 13.8 Å². The van der Waals surface area contributed by atoms with Gasteiger partial charge < -0.3 is 14.8 Å². The molecule has 0 aromatic heterocycles. The minimum Gasteiger partial charge on any atom is -0.469 e. The van der Waals surface area contributed by atoms with Crippen molar-refractivity contribution >= 4 is 11.9 Å². The standard InChI is InChI=1S/C9H17NO4/c1-7(2)14-6-8(11)10-5-4-9(12)13-3/h7H,4-6H2,1-3H3,(H,10,11). The summed E-state index contributed by atoms with van der Waals surface area (Å²) in [5.41, 5.74) is 0. The summed E-state index contributed by atoms with van der Waals surface area (Å²) in [7, 11) is 1.31. The Morgan fingerprint density at radius 3 is 2.50 bits per heavy atom. The zero-order valence-corrected chi connectivity index (χ0v) is 8.83. The van der Waals surface area contributed by atoms with Crippen LogP contribution < -0.4 is 5.32 Å². The number of ether oxygens (including phenoxy) is 2. The van der Waals surface area contributed by atoms with Crippen LogP contribution in [0.4, 0.5) is 0 Å². The first-order valence-corrected chi connectivity index (χ1v) is 4.51. The largest absolute Gasteiger partial charge is 0.469 e. The van der Waals surface area contributed by atoms with Gasteiger partial charge in [0.2, 0.25) is 5.91 Å². The average Bonchev–Trinajstić information content (AvgIpc) is 2.14. The van der Waals surface area contributed by atoms with E-state index in [0.29, 0.717) is 0 Å². The number of amides is 1. The van der Waals surface area contributed by atoms with Crippen LogP contribution in [0.2, 0.25) is 0 Å². The van der Waals surface area contributed by atoms with Gasteiger partial charge in [0, 0.05) is 6.54 Å². The van der Waals surface area contributed by atoms with Gasteiger partial charge in [-0.3, -0.25) is 9.59 Å². The molecule has 0 saturated heterocycles. The molecule has 0 aromatic rings. The van der Waals surface area contributed by atoms with Crippen LogP contribution in [0.1, 0.15) is 20.3 Å². The number of nitrogens with one attached hydrogen (secondary N) is 1. The van der Waals surface area contributed by atoms with E-state index in [-0.39, 0.29) is 37.6 Å². The van der Waals surface area contributed by atoms with Crippen molar-refractivity contribution in [3.8, 4) is 0 Å². The molecule has 5 nitrogen and oxygen atoms in total. The zero-order chi connectivity index (χ0) is 11.0. The molecule has 0 rings (SSSR count). The van der Waals surface area contributed by atoms with Crippen LogP contribution in [-0.2, 0) is 19.1 Å². The van der Waals surface area contributed by atoms with Gasteiger partial charge in [-0.05, 0) is 13.8 Å². The second-order valence-corrected chi connectivity index (χ2v) is 3.04. The lowest BCUT2D eigenvalue weighted by molar-refractivity contribution is -0.140. The normalized spacial score (nSPS) is 10.0. The lowest BCUT2D eigenvalue weighted by Crippen LogP contribution is -2.30. The van der Waals surface area contributed by atoms with Crippen molar-refractivity contribution in [2.24, 2.45) is 0 Å². The van der Waals surface area contributed by atoms with Gasteiger partial charge in [-0.25, -0.2) is 0 Å². The topological polar surface area (TPSA) is 64.6 Å². The van der Waals surface area contributed by atoms with E-state index in [9.17, 15) is 9.59 Å². The van der Waals surface area contributed by atoms with E-state index in [1.54, 1.807) is 0 Å². The maximum absolute atomic E-state index is 11.0. The highest BCUT2D eigenvalue weighted by atomic mass is 16.5. The molecule has 0 bridgehead atoms. The summed E-state index contributed by atoms with van der Waals surface area (Å²) in [5.74, 6) is -0.558. The van der Waals surface area contributed by atoms with E-state index in [4.69, 9.17) is 4.74 Å². The van der Waals surface area contributed by atoms with E-state index < -0.39 is 0 Å². The van der Waals surface area contributed by atoms with Crippen molar-refractivity contribution in [1.82, 2.24) is 5.32 Å². The molecule has 0 radical (unpaired) electrons. The molecule has 1 amide bonds. The summed E-state index contributed by atoms with van der Waals surface area (Å²) >= 11 is 0. The molecule has 0 spiro atoms. The van der Waals surface area contributed by atoms with Gasteiger partial charge in [-0.15, -0.1) is 0 Å². The molecule has 14 heavy (non-hydrogen) atoms. The van der Waals surface area contributed by atoms with Crippen LogP contribution in [0.3, 0.4) is 0 Å². The monoisotopic (exact) mass is 203 g/mol. The highest BCUT2D eigenvalue weighted by molar-refractivity contribution is 5.78. The highest BCUT2D eigenvalue weighted by Crippen LogP contribution is 1.87. The number of hydrogen-bond acceptors (Lipinski definition) is 4. The Balaban J connectivity index is 3.40. The van der Waals surface area contributed by atoms with E-state index in [2.05, 4.69) is 10.1 Å². The Kier molecular flexibility index (Phi) is 6.74. The lowest BCUT2D eigenvalue weighted by Gasteiger charge is -2.07. The number of carbonyl (C=O) groups is 2. The first-order valence-electron chi connectivity index (χ1n) is 4.51. The third kappa shape index (κ3) is 7.54. The Bertz CT molecular complexity index is 191. The second-order valence-electron chi connectivity index (χ2n) is 3.04. The van der Waals surface area contributed by atoms with E-state index in [0.717, 1.165) is 0 Å². The minimum absolute atomic E-state index is 0.0266. The van der Waals surface area contributed by atoms with Crippen LogP contribution in [-0.4, -0.2) is 38.2 Å². The van der Waals surface area contributed by atoms with Crippen molar-refractivity contribution in [2.45, 2.75) is 26.4 Å². The molecule has 1 N–H and O–H groups in total. The molecule has 0 aliphatic heterocycles. The molecule has 0 fully saturated rings. The Morgan fingerprint density at radius 1 is 1.36 bits per heavy atom. The van der Waals surface area contributed by atoms with Crippen molar-refractivity contribution < 1.29 is 19.1 Å². The van der Waals surface area contributed by atoms with Gasteiger partial charge in [0.15, 0.2) is 0 Å². The molecule has 0 heterocycles. The van der Waals surface area contributed by atoms with Crippen molar-refractivity contribution in [3.05, 3.63) is 0 Å². The smallest absolute Gasteiger partial charge is 0.307 e. The van der Waals surface area contributed by atoms with E-state index >= 15 is 0 Å². The molecular formula is C9H17NO4. The van der Waals surface area contributed by atoms with Crippen LogP contribution in [0.15, 0.2) is 0 Å². The lowest BCUT2D eigenvalue weighted by atomic mass is 10.4. The fourth-order valence-electron chi connectivity index (χ4n) is 0.699. The summed E-state index contributed by atoms with van der Waals surface area (Å²) in [5, 5.41) is 2.54. The van der Waals surface area contributed by atoms with Crippen LogP contribution in [0.25, 0.3) is 0 Å². The van der Waals surface area contributed by atoms with Crippen LogP contribution in [0, 0.1) is 0 Å². The van der Waals surface area contributed by atoms with Gasteiger partial charge in [0.25, 0.3) is 0 Å². The average molecular weight is 203 g/mol. The summed E-state index contributed by atoms with van der Waals surface area (Å²) < 4.78 is 9.47. The van der Waals surface area contributed by atoms with Crippen molar-refractivity contribution in [1.29, 1.82) is 0 Å². The van der Waals surface area contributed by atoms with Gasteiger partial charge >= 0.3 is 5.97 Å². The Hall–Kier alpha value is -1.10. The maximum atomic E-state index is 11.0. The second kappa shape index (κ2) is 7.32.